The number of hydrogen-bond acceptors (Lipinski definition) is 6. The number of nitrogens with one attached hydrogen (secondary N) is 1. The Balaban J connectivity index is 1.81. The van der Waals surface area contributed by atoms with Crippen molar-refractivity contribution in [2.45, 2.75) is 56.8 Å². The van der Waals surface area contributed by atoms with Crippen molar-refractivity contribution in [1.29, 1.82) is 0 Å². The van der Waals surface area contributed by atoms with Crippen LogP contribution in [-0.2, 0) is 10.3 Å². The standard InChI is InChI=1S/C14H23N3O3/c1-9-4-3-5-14(7-9,19-2)13-16-12(20-17-13)11-6-10(18)8-15-11/h9-11,15,18H,3-8H2,1-2H3. The van der Waals surface area contributed by atoms with Gasteiger partial charge in [-0.25, -0.2) is 0 Å². The van der Waals surface area contributed by atoms with Crippen molar-refractivity contribution >= 4 is 0 Å². The van der Waals surface area contributed by atoms with Gasteiger partial charge in [-0.15, -0.1) is 0 Å². The van der Waals surface area contributed by atoms with E-state index >= 15 is 0 Å². The number of rotatable bonds is 3. The maximum absolute atomic E-state index is 9.57. The van der Waals surface area contributed by atoms with Gasteiger partial charge >= 0.3 is 0 Å². The van der Waals surface area contributed by atoms with Crippen molar-refractivity contribution in [3.63, 3.8) is 0 Å². The fourth-order valence-electron chi connectivity index (χ4n) is 3.45. The van der Waals surface area contributed by atoms with E-state index in [-0.39, 0.29) is 12.1 Å². The van der Waals surface area contributed by atoms with Crippen LogP contribution in [-0.4, -0.2) is 35.0 Å². The molecule has 6 nitrogen and oxygen atoms in total. The van der Waals surface area contributed by atoms with Gasteiger partial charge in [0.05, 0.1) is 12.1 Å². The Morgan fingerprint density at radius 2 is 2.35 bits per heavy atom. The number of ether oxygens (including phenoxy) is 1. The van der Waals surface area contributed by atoms with Gasteiger partial charge in [0.15, 0.2) is 0 Å². The van der Waals surface area contributed by atoms with E-state index in [4.69, 9.17) is 9.26 Å². The molecule has 1 saturated heterocycles. The van der Waals surface area contributed by atoms with Crippen LogP contribution in [0, 0.1) is 5.92 Å². The summed E-state index contributed by atoms with van der Waals surface area (Å²) in [6, 6.07) is -0.0406. The first kappa shape index (κ1) is 14.0. The Labute approximate surface area is 118 Å². The number of hydrogen-bond donors (Lipinski definition) is 2. The number of β-amino-alcohol motifs (C(OH)–C–C–N with tert-alkyl or cyclic N) is 1. The second-order valence-electron chi connectivity index (χ2n) is 6.21. The minimum atomic E-state index is -0.406. The van der Waals surface area contributed by atoms with Crippen LogP contribution in [0.1, 0.15) is 56.8 Å². The van der Waals surface area contributed by atoms with Crippen molar-refractivity contribution in [2.75, 3.05) is 13.7 Å². The second kappa shape index (κ2) is 5.42. The highest BCUT2D eigenvalue weighted by atomic mass is 16.5. The summed E-state index contributed by atoms with van der Waals surface area (Å²) < 4.78 is 11.2. The molecule has 1 aromatic rings. The summed E-state index contributed by atoms with van der Waals surface area (Å²) in [4.78, 5) is 4.55. The predicted octanol–water partition coefficient (Wildman–Crippen LogP) is 1.52. The van der Waals surface area contributed by atoms with Gasteiger partial charge in [-0.1, -0.05) is 18.5 Å². The number of aliphatic hydroxyl groups is 1. The lowest BCUT2D eigenvalue weighted by atomic mass is 9.78. The Morgan fingerprint density at radius 1 is 1.50 bits per heavy atom. The zero-order valence-electron chi connectivity index (χ0n) is 12.1. The van der Waals surface area contributed by atoms with E-state index in [0.29, 0.717) is 30.6 Å². The van der Waals surface area contributed by atoms with Crippen molar-refractivity contribution in [1.82, 2.24) is 15.5 Å². The van der Waals surface area contributed by atoms with Crippen LogP contribution in [0.2, 0.25) is 0 Å². The van der Waals surface area contributed by atoms with Crippen LogP contribution in [0.25, 0.3) is 0 Å². The van der Waals surface area contributed by atoms with E-state index in [0.717, 1.165) is 19.3 Å². The van der Waals surface area contributed by atoms with E-state index in [9.17, 15) is 5.11 Å². The summed E-state index contributed by atoms with van der Waals surface area (Å²) >= 11 is 0. The number of aliphatic hydroxyl groups excluding tert-OH is 1. The molecular formula is C14H23N3O3. The molecule has 20 heavy (non-hydrogen) atoms. The average Bonchev–Trinajstić information content (AvgIpc) is 3.07. The lowest BCUT2D eigenvalue weighted by Crippen LogP contribution is -2.35. The molecule has 0 spiro atoms. The van der Waals surface area contributed by atoms with Gasteiger partial charge in [0, 0.05) is 13.7 Å². The fourth-order valence-corrected chi connectivity index (χ4v) is 3.45. The van der Waals surface area contributed by atoms with Gasteiger partial charge in [0.2, 0.25) is 11.7 Å². The third-order valence-corrected chi connectivity index (χ3v) is 4.60. The summed E-state index contributed by atoms with van der Waals surface area (Å²) in [6.07, 6.45) is 4.52. The number of methoxy groups -OCH3 is 1. The summed E-state index contributed by atoms with van der Waals surface area (Å²) in [6.45, 7) is 2.82. The summed E-state index contributed by atoms with van der Waals surface area (Å²) in [5.74, 6) is 1.83. The maximum Gasteiger partial charge on any atom is 0.243 e. The molecule has 0 amide bonds. The molecule has 6 heteroatoms. The molecular weight excluding hydrogens is 258 g/mol. The van der Waals surface area contributed by atoms with Crippen molar-refractivity contribution in [3.8, 4) is 0 Å². The van der Waals surface area contributed by atoms with E-state index in [2.05, 4.69) is 22.4 Å². The molecule has 0 aromatic carbocycles. The van der Waals surface area contributed by atoms with Gasteiger partial charge < -0.3 is 19.7 Å². The van der Waals surface area contributed by atoms with E-state index in [1.807, 2.05) is 0 Å². The van der Waals surface area contributed by atoms with Gasteiger partial charge in [0.25, 0.3) is 0 Å². The van der Waals surface area contributed by atoms with Crippen LogP contribution in [0.3, 0.4) is 0 Å². The molecule has 2 N–H and O–H groups in total. The van der Waals surface area contributed by atoms with Crippen molar-refractivity contribution in [3.05, 3.63) is 11.7 Å². The van der Waals surface area contributed by atoms with Crippen LogP contribution in [0.5, 0.6) is 0 Å². The molecule has 3 rings (SSSR count). The first-order valence-electron chi connectivity index (χ1n) is 7.43. The normalized spacial score (nSPS) is 38.2. The largest absolute Gasteiger partial charge is 0.392 e. The minimum Gasteiger partial charge on any atom is -0.392 e. The average molecular weight is 281 g/mol. The summed E-state index contributed by atoms with van der Waals surface area (Å²) in [5, 5.41) is 16.9. The fraction of sp³-hybridized carbons (Fsp3) is 0.857. The van der Waals surface area contributed by atoms with Crippen LogP contribution in [0.15, 0.2) is 4.52 Å². The quantitative estimate of drug-likeness (QED) is 0.874. The molecule has 0 radical (unpaired) electrons. The first-order chi connectivity index (χ1) is 9.63. The van der Waals surface area contributed by atoms with Gasteiger partial charge in [0.1, 0.15) is 5.60 Å². The van der Waals surface area contributed by atoms with E-state index in [1.165, 1.54) is 6.42 Å². The first-order valence-corrected chi connectivity index (χ1v) is 7.43. The lowest BCUT2D eigenvalue weighted by Gasteiger charge is -2.36. The highest BCUT2D eigenvalue weighted by molar-refractivity contribution is 5.06. The van der Waals surface area contributed by atoms with E-state index in [1.54, 1.807) is 7.11 Å². The Bertz CT molecular complexity index is 464. The van der Waals surface area contributed by atoms with Gasteiger partial charge in [-0.05, 0) is 31.6 Å². The molecule has 1 aromatic heterocycles. The van der Waals surface area contributed by atoms with Crippen molar-refractivity contribution < 1.29 is 14.4 Å². The molecule has 4 atom stereocenters. The SMILES string of the molecule is COC1(c2noc(C3CC(O)CN3)n2)CCCC(C)C1. The Morgan fingerprint density at radius 3 is 3.00 bits per heavy atom. The third-order valence-electron chi connectivity index (χ3n) is 4.60. The summed E-state index contributed by atoms with van der Waals surface area (Å²) in [5.41, 5.74) is -0.406. The molecule has 1 saturated carbocycles. The lowest BCUT2D eigenvalue weighted by molar-refractivity contribution is -0.0658. The van der Waals surface area contributed by atoms with Gasteiger partial charge in [-0.3, -0.25) is 0 Å². The number of aromatic nitrogens is 2. The molecule has 2 aliphatic rings. The molecule has 2 fully saturated rings. The van der Waals surface area contributed by atoms with Crippen LogP contribution >= 0.6 is 0 Å². The number of nitrogens with zero attached hydrogens (tertiary/aromatic N) is 2. The Kier molecular flexibility index (Phi) is 3.79. The zero-order valence-corrected chi connectivity index (χ0v) is 12.1. The van der Waals surface area contributed by atoms with Crippen LogP contribution < -0.4 is 5.32 Å². The smallest absolute Gasteiger partial charge is 0.243 e. The van der Waals surface area contributed by atoms with Crippen LogP contribution in [0.4, 0.5) is 0 Å². The third kappa shape index (κ3) is 2.47. The Hall–Kier alpha value is -0.980. The second-order valence-corrected chi connectivity index (χ2v) is 6.21. The molecule has 1 aliphatic carbocycles. The minimum absolute atomic E-state index is 0.0406. The molecule has 1 aliphatic heterocycles. The molecule has 0 bridgehead atoms. The molecule has 2 heterocycles. The predicted molar refractivity (Wildman–Crippen MR) is 72.0 cm³/mol. The van der Waals surface area contributed by atoms with Gasteiger partial charge in [-0.2, -0.15) is 4.98 Å². The summed E-state index contributed by atoms with van der Waals surface area (Å²) in [7, 11) is 1.73. The highest BCUT2D eigenvalue weighted by Gasteiger charge is 2.41. The molecule has 112 valence electrons. The highest BCUT2D eigenvalue weighted by Crippen LogP contribution is 2.41. The van der Waals surface area contributed by atoms with E-state index < -0.39 is 5.60 Å². The monoisotopic (exact) mass is 281 g/mol. The molecule has 4 unspecified atom stereocenters. The van der Waals surface area contributed by atoms with Crippen molar-refractivity contribution in [2.24, 2.45) is 5.92 Å². The maximum atomic E-state index is 9.57. The topological polar surface area (TPSA) is 80.4 Å². The zero-order chi connectivity index (χ0) is 14.2.